The summed E-state index contributed by atoms with van der Waals surface area (Å²) in [5.74, 6) is -1.17. The first kappa shape index (κ1) is 15.4. The van der Waals surface area contributed by atoms with Crippen molar-refractivity contribution in [2.24, 2.45) is 0 Å². The molecule has 0 spiro atoms. The lowest BCUT2D eigenvalue weighted by Gasteiger charge is -2.11. The van der Waals surface area contributed by atoms with Crippen LogP contribution in [0.25, 0.3) is 0 Å². The molecule has 5 nitrogen and oxygen atoms in total. The number of nitrogens with two attached hydrogens (primary N) is 1. The number of ether oxygens (including phenoxy) is 2. The molecule has 0 amide bonds. The van der Waals surface area contributed by atoms with Crippen molar-refractivity contribution in [3.05, 3.63) is 34.6 Å². The quantitative estimate of drug-likeness (QED) is 0.901. The SMILES string of the molecule is COc1ccc(Oc2cc(N)nc(C(F)(F)F)n2)c(Br)c1. The van der Waals surface area contributed by atoms with Crippen LogP contribution in [0.3, 0.4) is 0 Å². The summed E-state index contributed by atoms with van der Waals surface area (Å²) < 4.78 is 48.6. The number of aromatic nitrogens is 2. The molecule has 0 aliphatic rings. The minimum Gasteiger partial charge on any atom is -0.497 e. The maximum absolute atomic E-state index is 12.6. The van der Waals surface area contributed by atoms with Crippen molar-refractivity contribution < 1.29 is 22.6 Å². The van der Waals surface area contributed by atoms with Gasteiger partial charge in [-0.2, -0.15) is 18.2 Å². The molecule has 2 N–H and O–H groups in total. The second-order valence-corrected chi connectivity index (χ2v) is 4.71. The second kappa shape index (κ2) is 5.76. The number of rotatable bonds is 3. The molecular weight excluding hydrogens is 355 g/mol. The zero-order chi connectivity index (χ0) is 15.6. The summed E-state index contributed by atoms with van der Waals surface area (Å²) in [4.78, 5) is 6.42. The van der Waals surface area contributed by atoms with Crippen molar-refractivity contribution in [2.45, 2.75) is 6.18 Å². The van der Waals surface area contributed by atoms with Crippen LogP contribution < -0.4 is 15.2 Å². The van der Waals surface area contributed by atoms with E-state index in [1.54, 1.807) is 12.1 Å². The van der Waals surface area contributed by atoms with E-state index < -0.39 is 12.0 Å². The van der Waals surface area contributed by atoms with E-state index in [0.29, 0.717) is 10.2 Å². The van der Waals surface area contributed by atoms with E-state index in [4.69, 9.17) is 15.2 Å². The molecule has 0 fully saturated rings. The number of methoxy groups -OCH3 is 1. The van der Waals surface area contributed by atoms with Crippen LogP contribution in [-0.4, -0.2) is 17.1 Å². The van der Waals surface area contributed by atoms with Gasteiger partial charge < -0.3 is 15.2 Å². The fourth-order valence-corrected chi connectivity index (χ4v) is 1.86. The van der Waals surface area contributed by atoms with Crippen LogP contribution in [0.4, 0.5) is 19.0 Å². The van der Waals surface area contributed by atoms with Gasteiger partial charge in [0.2, 0.25) is 11.7 Å². The summed E-state index contributed by atoms with van der Waals surface area (Å²) in [6.07, 6.45) is -4.70. The first-order chi connectivity index (χ1) is 9.79. The van der Waals surface area contributed by atoms with Crippen LogP contribution in [0.5, 0.6) is 17.4 Å². The molecule has 112 valence electrons. The Labute approximate surface area is 126 Å². The van der Waals surface area contributed by atoms with Gasteiger partial charge in [-0.05, 0) is 34.1 Å². The highest BCUT2D eigenvalue weighted by Crippen LogP contribution is 2.34. The van der Waals surface area contributed by atoms with E-state index in [2.05, 4.69) is 25.9 Å². The molecule has 0 unspecified atom stereocenters. The van der Waals surface area contributed by atoms with Crippen molar-refractivity contribution in [3.8, 4) is 17.4 Å². The summed E-state index contributed by atoms with van der Waals surface area (Å²) in [7, 11) is 1.49. The first-order valence-electron chi connectivity index (χ1n) is 5.53. The van der Waals surface area contributed by atoms with Crippen molar-refractivity contribution in [1.82, 2.24) is 9.97 Å². The molecular formula is C12H9BrF3N3O2. The van der Waals surface area contributed by atoms with Gasteiger partial charge in [0.25, 0.3) is 0 Å². The molecule has 0 saturated heterocycles. The van der Waals surface area contributed by atoms with E-state index in [9.17, 15) is 13.2 Å². The van der Waals surface area contributed by atoms with E-state index in [-0.39, 0.29) is 17.4 Å². The monoisotopic (exact) mass is 363 g/mol. The molecule has 0 saturated carbocycles. The number of hydrogen-bond acceptors (Lipinski definition) is 5. The number of nitrogen functional groups attached to an aromatic ring is 1. The van der Waals surface area contributed by atoms with E-state index >= 15 is 0 Å². The largest absolute Gasteiger partial charge is 0.497 e. The number of nitrogens with zero attached hydrogens (tertiary/aromatic N) is 2. The van der Waals surface area contributed by atoms with Crippen LogP contribution in [0.15, 0.2) is 28.7 Å². The number of hydrogen-bond donors (Lipinski definition) is 1. The molecule has 2 aromatic rings. The number of anilines is 1. The lowest BCUT2D eigenvalue weighted by Crippen LogP contribution is -2.12. The number of alkyl halides is 3. The van der Waals surface area contributed by atoms with Gasteiger partial charge >= 0.3 is 6.18 Å². The van der Waals surface area contributed by atoms with Crippen LogP contribution in [0.2, 0.25) is 0 Å². The predicted octanol–water partition coefficient (Wildman–Crippen LogP) is 3.64. The molecule has 0 aliphatic carbocycles. The molecule has 9 heteroatoms. The summed E-state index contributed by atoms with van der Waals surface area (Å²) >= 11 is 3.22. The van der Waals surface area contributed by atoms with Crippen molar-refractivity contribution >= 4 is 21.7 Å². The smallest absolute Gasteiger partial charge is 0.451 e. The van der Waals surface area contributed by atoms with Gasteiger partial charge in [0.15, 0.2) is 0 Å². The Morgan fingerprint density at radius 1 is 1.19 bits per heavy atom. The third-order valence-corrected chi connectivity index (χ3v) is 2.95. The van der Waals surface area contributed by atoms with Gasteiger partial charge in [0.05, 0.1) is 11.6 Å². The van der Waals surface area contributed by atoms with Gasteiger partial charge in [-0.1, -0.05) is 0 Å². The lowest BCUT2D eigenvalue weighted by molar-refractivity contribution is -0.145. The highest BCUT2D eigenvalue weighted by molar-refractivity contribution is 9.10. The van der Waals surface area contributed by atoms with Gasteiger partial charge in [-0.25, -0.2) is 4.98 Å². The number of benzene rings is 1. The van der Waals surface area contributed by atoms with Crippen LogP contribution in [-0.2, 0) is 6.18 Å². The van der Waals surface area contributed by atoms with Crippen molar-refractivity contribution in [3.63, 3.8) is 0 Å². The van der Waals surface area contributed by atoms with Crippen molar-refractivity contribution in [2.75, 3.05) is 12.8 Å². The summed E-state index contributed by atoms with van der Waals surface area (Å²) in [6.45, 7) is 0. The molecule has 0 radical (unpaired) electrons. The average molecular weight is 364 g/mol. The Kier molecular flexibility index (Phi) is 4.21. The predicted molar refractivity (Wildman–Crippen MR) is 72.2 cm³/mol. The average Bonchev–Trinajstić information content (AvgIpc) is 2.39. The fourth-order valence-electron chi connectivity index (χ4n) is 1.43. The molecule has 0 aliphatic heterocycles. The maximum Gasteiger partial charge on any atom is 0.451 e. The second-order valence-electron chi connectivity index (χ2n) is 3.85. The summed E-state index contributed by atoms with van der Waals surface area (Å²) in [6, 6.07) is 5.82. The highest BCUT2D eigenvalue weighted by Gasteiger charge is 2.35. The molecule has 0 bridgehead atoms. The van der Waals surface area contributed by atoms with E-state index in [1.165, 1.54) is 13.2 Å². The fraction of sp³-hybridized carbons (Fsp3) is 0.167. The molecule has 1 aromatic carbocycles. The minimum absolute atomic E-state index is 0.266. The Balaban J connectivity index is 2.33. The maximum atomic E-state index is 12.6. The topological polar surface area (TPSA) is 70.3 Å². The lowest BCUT2D eigenvalue weighted by atomic mass is 10.3. The molecule has 0 atom stereocenters. The zero-order valence-corrected chi connectivity index (χ0v) is 12.2. The number of halogens is 4. The Morgan fingerprint density at radius 2 is 1.90 bits per heavy atom. The van der Waals surface area contributed by atoms with Gasteiger partial charge in [0, 0.05) is 6.07 Å². The molecule has 1 heterocycles. The third-order valence-electron chi connectivity index (χ3n) is 2.33. The van der Waals surface area contributed by atoms with E-state index in [0.717, 1.165) is 6.07 Å². The third kappa shape index (κ3) is 3.75. The van der Waals surface area contributed by atoms with Crippen LogP contribution in [0.1, 0.15) is 5.82 Å². The standard InChI is InChI=1S/C12H9BrF3N3O2/c1-20-6-2-3-8(7(13)4-6)21-10-5-9(17)18-11(19-10)12(14,15)16/h2-5H,1H3,(H2,17,18,19). The molecule has 21 heavy (non-hydrogen) atoms. The first-order valence-corrected chi connectivity index (χ1v) is 6.32. The van der Waals surface area contributed by atoms with Crippen LogP contribution >= 0.6 is 15.9 Å². The Morgan fingerprint density at radius 3 is 2.48 bits per heavy atom. The van der Waals surface area contributed by atoms with Gasteiger partial charge in [-0.3, -0.25) is 0 Å². The summed E-state index contributed by atoms with van der Waals surface area (Å²) in [5.41, 5.74) is 5.33. The minimum atomic E-state index is -4.70. The normalized spacial score (nSPS) is 11.3. The van der Waals surface area contributed by atoms with Crippen molar-refractivity contribution in [1.29, 1.82) is 0 Å². The summed E-state index contributed by atoms with van der Waals surface area (Å²) in [5, 5.41) is 0. The Hall–Kier alpha value is -2.03. The van der Waals surface area contributed by atoms with Gasteiger partial charge in [0.1, 0.15) is 17.3 Å². The van der Waals surface area contributed by atoms with Crippen LogP contribution in [0, 0.1) is 0 Å². The molecule has 2 rings (SSSR count). The zero-order valence-electron chi connectivity index (χ0n) is 10.6. The molecule has 1 aromatic heterocycles. The Bertz CT molecular complexity index is 665. The van der Waals surface area contributed by atoms with Gasteiger partial charge in [-0.15, -0.1) is 0 Å². The highest BCUT2D eigenvalue weighted by atomic mass is 79.9. The van der Waals surface area contributed by atoms with E-state index in [1.807, 2.05) is 0 Å².